The van der Waals surface area contributed by atoms with Crippen LogP contribution in [0.2, 0.25) is 0 Å². The van der Waals surface area contributed by atoms with E-state index >= 15 is 0 Å². The van der Waals surface area contributed by atoms with Crippen LogP contribution in [0.15, 0.2) is 60.0 Å². The summed E-state index contributed by atoms with van der Waals surface area (Å²) in [6.07, 6.45) is 4.77. The van der Waals surface area contributed by atoms with Crippen molar-refractivity contribution < 1.29 is 9.53 Å². The molecule has 5 heteroatoms. The topological polar surface area (TPSA) is 51.2 Å². The van der Waals surface area contributed by atoms with Crippen molar-refractivity contribution in [2.24, 2.45) is 0 Å². The summed E-state index contributed by atoms with van der Waals surface area (Å²) in [6, 6.07) is 17.4. The van der Waals surface area contributed by atoms with Gasteiger partial charge >= 0.3 is 0 Å². The molecule has 0 aliphatic rings. The van der Waals surface area contributed by atoms with Crippen LogP contribution in [-0.4, -0.2) is 24.5 Å². The van der Waals surface area contributed by atoms with Crippen molar-refractivity contribution in [1.82, 2.24) is 10.3 Å². The predicted molar refractivity (Wildman–Crippen MR) is 120 cm³/mol. The summed E-state index contributed by atoms with van der Waals surface area (Å²) in [6.45, 7) is 2.65. The number of nitrogens with zero attached hydrogens (tertiary/aromatic N) is 1. The van der Waals surface area contributed by atoms with Crippen LogP contribution in [-0.2, 0) is 11.2 Å². The molecule has 3 aromatic rings. The Morgan fingerprint density at radius 1 is 1.10 bits per heavy atom. The summed E-state index contributed by atoms with van der Waals surface area (Å²) in [5.74, 6) is 0.666. The highest BCUT2D eigenvalue weighted by molar-refractivity contribution is 7.09. The zero-order valence-corrected chi connectivity index (χ0v) is 17.7. The molecule has 3 rings (SSSR count). The Balaban J connectivity index is 1.66. The minimum atomic E-state index is -0.0767. The first-order valence-corrected chi connectivity index (χ1v) is 10.6. The maximum Gasteiger partial charge on any atom is 0.251 e. The molecule has 150 valence electrons. The molecule has 0 aliphatic carbocycles. The fraction of sp³-hybridized carbons (Fsp3) is 0.250. The summed E-state index contributed by atoms with van der Waals surface area (Å²) in [5, 5.41) is 6.30. The molecule has 0 fully saturated rings. The summed E-state index contributed by atoms with van der Waals surface area (Å²) >= 11 is 1.70. The molecule has 0 saturated carbocycles. The molecule has 0 saturated heterocycles. The number of ether oxygens (including phenoxy) is 1. The van der Waals surface area contributed by atoms with Gasteiger partial charge in [-0.2, -0.15) is 0 Å². The van der Waals surface area contributed by atoms with Crippen LogP contribution in [0.3, 0.4) is 0 Å². The third-order valence-corrected chi connectivity index (χ3v) is 5.56. The molecular weight excluding hydrogens is 380 g/mol. The summed E-state index contributed by atoms with van der Waals surface area (Å²) in [7, 11) is 1.64. The van der Waals surface area contributed by atoms with E-state index in [4.69, 9.17) is 4.74 Å². The van der Waals surface area contributed by atoms with Gasteiger partial charge in [-0.15, -0.1) is 11.3 Å². The van der Waals surface area contributed by atoms with E-state index in [2.05, 4.69) is 15.7 Å². The van der Waals surface area contributed by atoms with E-state index in [0.717, 1.165) is 46.8 Å². The van der Waals surface area contributed by atoms with Gasteiger partial charge in [-0.3, -0.25) is 4.79 Å². The van der Waals surface area contributed by atoms with Gasteiger partial charge in [-0.1, -0.05) is 48.5 Å². The Hall–Kier alpha value is -2.92. The number of carbonyl (C=O) groups excluding carboxylic acids is 1. The molecule has 0 radical (unpaired) electrons. The van der Waals surface area contributed by atoms with Crippen LogP contribution in [0.4, 0.5) is 0 Å². The molecule has 2 aromatic carbocycles. The molecule has 29 heavy (non-hydrogen) atoms. The highest BCUT2D eigenvalue weighted by Gasteiger charge is 2.13. The van der Waals surface area contributed by atoms with Crippen molar-refractivity contribution in [2.75, 3.05) is 13.7 Å². The van der Waals surface area contributed by atoms with Gasteiger partial charge in [0.15, 0.2) is 0 Å². The van der Waals surface area contributed by atoms with E-state index in [9.17, 15) is 4.79 Å². The van der Waals surface area contributed by atoms with E-state index in [1.54, 1.807) is 18.4 Å². The van der Waals surface area contributed by atoms with E-state index in [0.29, 0.717) is 12.1 Å². The molecule has 1 heterocycles. The quantitative estimate of drug-likeness (QED) is 0.304. The average Bonchev–Trinajstić information content (AvgIpc) is 3.17. The van der Waals surface area contributed by atoms with Crippen molar-refractivity contribution in [2.45, 2.75) is 26.2 Å². The van der Waals surface area contributed by atoms with E-state index in [1.165, 1.54) is 0 Å². The zero-order valence-electron chi connectivity index (χ0n) is 16.9. The molecule has 1 amide bonds. The number of benzene rings is 2. The Morgan fingerprint density at radius 3 is 2.59 bits per heavy atom. The highest BCUT2D eigenvalue weighted by Crippen LogP contribution is 2.24. The second-order valence-electron chi connectivity index (χ2n) is 6.76. The first kappa shape index (κ1) is 20.8. The van der Waals surface area contributed by atoms with Crippen molar-refractivity contribution in [1.29, 1.82) is 0 Å². The van der Waals surface area contributed by atoms with Gasteiger partial charge in [0, 0.05) is 28.8 Å². The lowest BCUT2D eigenvalue weighted by Crippen LogP contribution is -2.25. The number of rotatable bonds is 9. The third kappa shape index (κ3) is 6.03. The maximum absolute atomic E-state index is 13.0. The van der Waals surface area contributed by atoms with Crippen molar-refractivity contribution in [3.8, 4) is 5.75 Å². The lowest BCUT2D eigenvalue weighted by molar-refractivity contribution is -0.115. The Kier molecular flexibility index (Phi) is 7.59. The van der Waals surface area contributed by atoms with Gasteiger partial charge in [-0.05, 0) is 43.9 Å². The van der Waals surface area contributed by atoms with Gasteiger partial charge in [0.05, 0.1) is 12.1 Å². The van der Waals surface area contributed by atoms with Gasteiger partial charge < -0.3 is 10.1 Å². The Bertz CT molecular complexity index is 964. The number of aromatic nitrogens is 1. The summed E-state index contributed by atoms with van der Waals surface area (Å²) in [4.78, 5) is 17.4. The van der Waals surface area contributed by atoms with E-state index in [-0.39, 0.29) is 5.91 Å². The molecule has 0 bridgehead atoms. The molecule has 0 spiro atoms. The SMILES string of the molecule is COc1ccccc1/C=C(/C(=O)NCCCCc1nc(C)cs1)c1ccccc1. The normalized spacial score (nSPS) is 11.3. The smallest absolute Gasteiger partial charge is 0.251 e. The molecule has 0 aliphatic heterocycles. The number of methoxy groups -OCH3 is 1. The predicted octanol–water partition coefficient (Wildman–Crippen LogP) is 5.14. The van der Waals surface area contributed by atoms with Gasteiger partial charge in [-0.25, -0.2) is 4.98 Å². The standard InChI is InChI=1S/C24H26N2O2S/c1-18-17-29-23(26-18)14-8-9-15-25-24(27)21(19-10-4-3-5-11-19)16-20-12-6-7-13-22(20)28-2/h3-7,10-13,16-17H,8-9,14-15H2,1-2H3,(H,25,27)/b21-16+. The van der Waals surface area contributed by atoms with Crippen molar-refractivity contribution in [3.63, 3.8) is 0 Å². The molecule has 0 unspecified atom stereocenters. The number of unbranched alkanes of at least 4 members (excludes halogenated alkanes) is 1. The number of hydrogen-bond acceptors (Lipinski definition) is 4. The fourth-order valence-corrected chi connectivity index (χ4v) is 3.87. The molecule has 0 atom stereocenters. The number of carbonyl (C=O) groups is 1. The number of hydrogen-bond donors (Lipinski definition) is 1. The summed E-state index contributed by atoms with van der Waals surface area (Å²) in [5.41, 5.74) is 3.47. The van der Waals surface area contributed by atoms with Gasteiger partial charge in [0.2, 0.25) is 0 Å². The first-order valence-electron chi connectivity index (χ1n) is 9.76. The average molecular weight is 407 g/mol. The Morgan fingerprint density at radius 2 is 1.86 bits per heavy atom. The van der Waals surface area contributed by atoms with Crippen LogP contribution >= 0.6 is 11.3 Å². The number of amides is 1. The van der Waals surface area contributed by atoms with Crippen LogP contribution in [0, 0.1) is 6.92 Å². The van der Waals surface area contributed by atoms with Crippen molar-refractivity contribution >= 4 is 28.9 Å². The number of aryl methyl sites for hydroxylation is 2. The second-order valence-corrected chi connectivity index (χ2v) is 7.70. The van der Waals surface area contributed by atoms with Crippen LogP contribution in [0.1, 0.15) is 34.7 Å². The third-order valence-electron chi connectivity index (χ3n) is 4.54. The minimum absolute atomic E-state index is 0.0767. The lowest BCUT2D eigenvalue weighted by atomic mass is 10.0. The van der Waals surface area contributed by atoms with Gasteiger partial charge in [0.25, 0.3) is 5.91 Å². The molecule has 1 N–H and O–H groups in total. The number of thiazole rings is 1. The van der Waals surface area contributed by atoms with Gasteiger partial charge in [0.1, 0.15) is 5.75 Å². The Labute approximate surface area is 176 Å². The fourth-order valence-electron chi connectivity index (χ4n) is 3.05. The second kappa shape index (κ2) is 10.6. The number of para-hydroxylation sites is 1. The lowest BCUT2D eigenvalue weighted by Gasteiger charge is -2.11. The van der Waals surface area contributed by atoms with E-state index < -0.39 is 0 Å². The van der Waals surface area contributed by atoms with Crippen LogP contribution in [0.25, 0.3) is 11.6 Å². The van der Waals surface area contributed by atoms with Crippen molar-refractivity contribution in [3.05, 3.63) is 81.8 Å². The molecule has 4 nitrogen and oxygen atoms in total. The van der Waals surface area contributed by atoms with E-state index in [1.807, 2.05) is 67.6 Å². The molecule has 1 aromatic heterocycles. The monoisotopic (exact) mass is 406 g/mol. The number of nitrogens with one attached hydrogen (secondary N) is 1. The molecular formula is C24H26N2O2S. The summed E-state index contributed by atoms with van der Waals surface area (Å²) < 4.78 is 5.44. The first-order chi connectivity index (χ1) is 14.2. The van der Waals surface area contributed by atoms with Crippen LogP contribution < -0.4 is 10.1 Å². The highest BCUT2D eigenvalue weighted by atomic mass is 32.1. The maximum atomic E-state index is 13.0. The minimum Gasteiger partial charge on any atom is -0.496 e. The van der Waals surface area contributed by atoms with Crippen LogP contribution in [0.5, 0.6) is 5.75 Å². The zero-order chi connectivity index (χ0) is 20.5. The largest absolute Gasteiger partial charge is 0.496 e.